The molecule has 0 bridgehead atoms. The largest absolute Gasteiger partial charge is 0.489 e. The Morgan fingerprint density at radius 3 is 2.00 bits per heavy atom. The molecule has 0 saturated heterocycles. The summed E-state index contributed by atoms with van der Waals surface area (Å²) in [6.45, 7) is 1.86. The minimum absolute atomic E-state index is 0.0658. The van der Waals surface area contributed by atoms with Crippen LogP contribution in [0.2, 0.25) is 0 Å². The summed E-state index contributed by atoms with van der Waals surface area (Å²) in [6.07, 6.45) is 0. The number of carbonyl (C=O) groups excluding carboxylic acids is 2. The van der Waals surface area contributed by atoms with E-state index in [1.165, 1.54) is 6.92 Å². The van der Waals surface area contributed by atoms with Crippen LogP contribution < -0.4 is 14.8 Å². The molecular formula is C23H21NO4. The first-order chi connectivity index (χ1) is 13.6. The molecule has 1 amide bonds. The minimum Gasteiger partial charge on any atom is -0.489 e. The highest BCUT2D eigenvalue weighted by molar-refractivity contribution is 5.98. The van der Waals surface area contributed by atoms with E-state index in [9.17, 15) is 9.59 Å². The van der Waals surface area contributed by atoms with E-state index < -0.39 is 0 Å². The third-order valence-corrected chi connectivity index (χ3v) is 3.97. The van der Waals surface area contributed by atoms with E-state index in [2.05, 4.69) is 5.32 Å². The Morgan fingerprint density at radius 2 is 1.39 bits per heavy atom. The Kier molecular flexibility index (Phi) is 6.41. The molecule has 0 heterocycles. The minimum atomic E-state index is -0.154. The molecule has 5 nitrogen and oxygen atoms in total. The smallest absolute Gasteiger partial charge is 0.221 e. The molecule has 3 aromatic carbocycles. The van der Waals surface area contributed by atoms with Gasteiger partial charge in [0.2, 0.25) is 5.91 Å². The van der Waals surface area contributed by atoms with Gasteiger partial charge in [0, 0.05) is 18.2 Å². The average molecular weight is 375 g/mol. The Labute approximate surface area is 163 Å². The lowest BCUT2D eigenvalue weighted by Gasteiger charge is -2.09. The van der Waals surface area contributed by atoms with Gasteiger partial charge < -0.3 is 14.8 Å². The van der Waals surface area contributed by atoms with Gasteiger partial charge in [-0.3, -0.25) is 9.59 Å². The summed E-state index contributed by atoms with van der Waals surface area (Å²) in [4.78, 5) is 23.3. The van der Waals surface area contributed by atoms with E-state index in [0.717, 1.165) is 11.3 Å². The zero-order chi connectivity index (χ0) is 19.8. The van der Waals surface area contributed by atoms with Gasteiger partial charge in [-0.05, 0) is 54.1 Å². The molecule has 5 heteroatoms. The standard InChI is InChI=1S/C23H21NO4/c1-17(25)24-20-9-7-19(8-10-20)23(26)16-28-22-13-11-21(12-14-22)27-15-18-5-3-2-4-6-18/h2-14H,15-16H2,1H3,(H,24,25). The van der Waals surface area contributed by atoms with E-state index in [-0.39, 0.29) is 18.3 Å². The van der Waals surface area contributed by atoms with Crippen molar-refractivity contribution in [2.75, 3.05) is 11.9 Å². The third-order valence-electron chi connectivity index (χ3n) is 3.97. The molecule has 0 aliphatic heterocycles. The molecule has 0 atom stereocenters. The number of Topliss-reactive ketones (excluding diaryl/α,β-unsaturated/α-hetero) is 1. The quantitative estimate of drug-likeness (QED) is 0.590. The Morgan fingerprint density at radius 1 is 0.786 bits per heavy atom. The number of anilines is 1. The molecule has 0 aliphatic carbocycles. The summed E-state index contributed by atoms with van der Waals surface area (Å²) in [6, 6.07) is 23.8. The molecule has 3 aromatic rings. The summed E-state index contributed by atoms with van der Waals surface area (Å²) in [5.74, 6) is 1.03. The Hall–Kier alpha value is -3.60. The summed E-state index contributed by atoms with van der Waals surface area (Å²) >= 11 is 0. The third kappa shape index (κ3) is 5.71. The van der Waals surface area contributed by atoms with Crippen molar-refractivity contribution in [1.29, 1.82) is 0 Å². The number of hydrogen-bond donors (Lipinski definition) is 1. The van der Waals surface area contributed by atoms with Crippen molar-refractivity contribution < 1.29 is 19.1 Å². The van der Waals surface area contributed by atoms with Gasteiger partial charge in [0.05, 0.1) is 0 Å². The molecule has 142 valence electrons. The highest BCUT2D eigenvalue weighted by Crippen LogP contribution is 2.19. The number of rotatable bonds is 8. The van der Waals surface area contributed by atoms with Crippen LogP contribution in [0.1, 0.15) is 22.8 Å². The van der Waals surface area contributed by atoms with E-state index >= 15 is 0 Å². The number of amides is 1. The number of carbonyl (C=O) groups is 2. The maximum absolute atomic E-state index is 12.2. The second-order valence-corrected chi connectivity index (χ2v) is 6.22. The van der Waals surface area contributed by atoms with Crippen LogP contribution >= 0.6 is 0 Å². The fraction of sp³-hybridized carbons (Fsp3) is 0.130. The summed E-state index contributed by atoms with van der Waals surface area (Å²) in [5, 5.41) is 2.66. The Bertz CT molecular complexity index is 919. The summed E-state index contributed by atoms with van der Waals surface area (Å²) < 4.78 is 11.3. The predicted molar refractivity (Wildman–Crippen MR) is 108 cm³/mol. The first-order valence-electron chi connectivity index (χ1n) is 8.90. The van der Waals surface area contributed by atoms with Crippen molar-refractivity contribution in [1.82, 2.24) is 0 Å². The van der Waals surface area contributed by atoms with Crippen molar-refractivity contribution in [3.8, 4) is 11.5 Å². The molecule has 3 rings (SSSR count). The summed E-state index contributed by atoms with van der Waals surface area (Å²) in [7, 11) is 0. The maximum atomic E-state index is 12.2. The number of benzene rings is 3. The van der Waals surface area contributed by atoms with Crippen LogP contribution in [0, 0.1) is 0 Å². The second-order valence-electron chi connectivity index (χ2n) is 6.22. The number of ether oxygens (including phenoxy) is 2. The zero-order valence-electron chi connectivity index (χ0n) is 15.6. The molecule has 0 unspecified atom stereocenters. The molecule has 28 heavy (non-hydrogen) atoms. The number of hydrogen-bond acceptors (Lipinski definition) is 4. The van der Waals surface area contributed by atoms with Crippen molar-refractivity contribution >= 4 is 17.4 Å². The highest BCUT2D eigenvalue weighted by atomic mass is 16.5. The lowest BCUT2D eigenvalue weighted by molar-refractivity contribution is -0.114. The van der Waals surface area contributed by atoms with Gasteiger partial charge in [0.25, 0.3) is 0 Å². The molecule has 0 spiro atoms. The summed E-state index contributed by atoms with van der Waals surface area (Å²) in [5.41, 5.74) is 2.27. The van der Waals surface area contributed by atoms with Crippen LogP contribution in [-0.2, 0) is 11.4 Å². The fourth-order valence-corrected chi connectivity index (χ4v) is 2.55. The van der Waals surface area contributed by atoms with Crippen molar-refractivity contribution in [3.05, 3.63) is 90.0 Å². The van der Waals surface area contributed by atoms with Crippen molar-refractivity contribution in [3.63, 3.8) is 0 Å². The molecule has 0 fully saturated rings. The van der Waals surface area contributed by atoms with Gasteiger partial charge in [-0.15, -0.1) is 0 Å². The number of ketones is 1. The van der Waals surface area contributed by atoms with E-state index in [1.807, 2.05) is 42.5 Å². The normalized spacial score (nSPS) is 10.2. The molecule has 0 aromatic heterocycles. The number of nitrogens with one attached hydrogen (secondary N) is 1. The first kappa shape index (κ1) is 19.2. The highest BCUT2D eigenvalue weighted by Gasteiger charge is 2.07. The molecule has 0 saturated carbocycles. The van der Waals surface area contributed by atoms with Crippen LogP contribution in [0.5, 0.6) is 11.5 Å². The van der Waals surface area contributed by atoms with Gasteiger partial charge in [-0.1, -0.05) is 30.3 Å². The van der Waals surface area contributed by atoms with Gasteiger partial charge in [-0.2, -0.15) is 0 Å². The van der Waals surface area contributed by atoms with E-state index in [1.54, 1.807) is 36.4 Å². The molecule has 0 aliphatic rings. The van der Waals surface area contributed by atoms with Crippen molar-refractivity contribution in [2.24, 2.45) is 0 Å². The SMILES string of the molecule is CC(=O)Nc1ccc(C(=O)COc2ccc(OCc3ccccc3)cc2)cc1. The topological polar surface area (TPSA) is 64.6 Å². The van der Waals surface area contributed by atoms with Crippen LogP contribution in [0.4, 0.5) is 5.69 Å². The van der Waals surface area contributed by atoms with Crippen molar-refractivity contribution in [2.45, 2.75) is 13.5 Å². The molecular weight excluding hydrogens is 354 g/mol. The lowest BCUT2D eigenvalue weighted by Crippen LogP contribution is -2.12. The second kappa shape index (κ2) is 9.37. The van der Waals surface area contributed by atoms with E-state index in [4.69, 9.17) is 9.47 Å². The van der Waals surface area contributed by atoms with Crippen LogP contribution in [0.3, 0.4) is 0 Å². The van der Waals surface area contributed by atoms with Gasteiger partial charge >= 0.3 is 0 Å². The molecule has 0 radical (unpaired) electrons. The van der Waals surface area contributed by atoms with E-state index in [0.29, 0.717) is 23.6 Å². The van der Waals surface area contributed by atoms with Gasteiger partial charge in [0.15, 0.2) is 12.4 Å². The first-order valence-corrected chi connectivity index (χ1v) is 8.90. The maximum Gasteiger partial charge on any atom is 0.221 e. The zero-order valence-corrected chi connectivity index (χ0v) is 15.6. The van der Waals surface area contributed by atoms with Crippen LogP contribution in [0.25, 0.3) is 0 Å². The fourth-order valence-electron chi connectivity index (χ4n) is 2.55. The Balaban J connectivity index is 1.48. The van der Waals surface area contributed by atoms with Gasteiger partial charge in [-0.25, -0.2) is 0 Å². The average Bonchev–Trinajstić information content (AvgIpc) is 2.72. The lowest BCUT2D eigenvalue weighted by atomic mass is 10.1. The predicted octanol–water partition coefficient (Wildman–Crippen LogP) is 4.49. The van der Waals surface area contributed by atoms with Crippen LogP contribution in [0.15, 0.2) is 78.9 Å². The van der Waals surface area contributed by atoms with Crippen LogP contribution in [-0.4, -0.2) is 18.3 Å². The molecule has 1 N–H and O–H groups in total. The monoisotopic (exact) mass is 375 g/mol. The van der Waals surface area contributed by atoms with Gasteiger partial charge in [0.1, 0.15) is 18.1 Å².